The van der Waals surface area contributed by atoms with Crippen molar-refractivity contribution in [2.24, 2.45) is 0 Å². The van der Waals surface area contributed by atoms with E-state index < -0.39 is 6.04 Å². The number of nitrogens with zero attached hydrogens (tertiary/aromatic N) is 1. The average Bonchev–Trinajstić information content (AvgIpc) is 2.47. The molecule has 0 radical (unpaired) electrons. The summed E-state index contributed by atoms with van der Waals surface area (Å²) in [5, 5.41) is 2.79. The van der Waals surface area contributed by atoms with Crippen LogP contribution in [0.3, 0.4) is 0 Å². The van der Waals surface area contributed by atoms with Crippen LogP contribution in [0.25, 0.3) is 0 Å². The molecular weight excluding hydrogens is 252 g/mol. The van der Waals surface area contributed by atoms with Crippen LogP contribution in [0.4, 0.5) is 0 Å². The molecular formula is C16H22N2O2. The molecule has 2 amide bonds. The Kier molecular flexibility index (Phi) is 4.77. The summed E-state index contributed by atoms with van der Waals surface area (Å²) in [6.07, 6.45) is 3.11. The van der Waals surface area contributed by atoms with Crippen molar-refractivity contribution in [3.8, 4) is 0 Å². The van der Waals surface area contributed by atoms with E-state index >= 15 is 0 Å². The van der Waals surface area contributed by atoms with Gasteiger partial charge in [0.1, 0.15) is 6.04 Å². The summed E-state index contributed by atoms with van der Waals surface area (Å²) in [5.74, 6) is -0.0822. The predicted octanol–water partition coefficient (Wildman–Crippen LogP) is 2.26. The molecule has 0 aromatic heterocycles. The third kappa shape index (κ3) is 3.18. The molecule has 1 fully saturated rings. The van der Waals surface area contributed by atoms with E-state index in [0.717, 1.165) is 24.8 Å². The minimum atomic E-state index is -0.540. The first kappa shape index (κ1) is 14.6. The van der Waals surface area contributed by atoms with Gasteiger partial charge in [0.15, 0.2) is 0 Å². The fraction of sp³-hybridized carbons (Fsp3) is 0.500. The Bertz CT molecular complexity index is 473. The van der Waals surface area contributed by atoms with E-state index in [4.69, 9.17) is 0 Å². The number of amides is 2. The fourth-order valence-corrected chi connectivity index (χ4v) is 2.57. The molecule has 1 aliphatic rings. The highest BCUT2D eigenvalue weighted by Gasteiger charge is 2.35. The number of unbranched alkanes of at least 4 members (excludes halogenated alkanes) is 1. The van der Waals surface area contributed by atoms with Crippen LogP contribution in [0.1, 0.15) is 44.7 Å². The summed E-state index contributed by atoms with van der Waals surface area (Å²) in [6, 6.07) is 9.00. The van der Waals surface area contributed by atoms with Gasteiger partial charge in [-0.1, -0.05) is 50.1 Å². The van der Waals surface area contributed by atoms with E-state index in [-0.39, 0.29) is 24.4 Å². The number of carbonyl (C=O) groups is 2. The monoisotopic (exact) mass is 274 g/mol. The molecule has 0 aliphatic carbocycles. The maximum Gasteiger partial charge on any atom is 0.250 e. The zero-order valence-electron chi connectivity index (χ0n) is 12.1. The summed E-state index contributed by atoms with van der Waals surface area (Å²) in [7, 11) is 0. The van der Waals surface area contributed by atoms with Crippen molar-refractivity contribution in [1.29, 1.82) is 0 Å². The van der Waals surface area contributed by atoms with Crippen molar-refractivity contribution in [3.63, 3.8) is 0 Å². The second-order valence-corrected chi connectivity index (χ2v) is 5.37. The van der Waals surface area contributed by atoms with Crippen LogP contribution in [-0.4, -0.2) is 29.3 Å². The molecule has 0 spiro atoms. The lowest BCUT2D eigenvalue weighted by atomic mass is 10.0. The maximum absolute atomic E-state index is 12.6. The molecule has 0 saturated carbocycles. The lowest BCUT2D eigenvalue weighted by Crippen LogP contribution is -2.56. The van der Waals surface area contributed by atoms with Gasteiger partial charge in [-0.15, -0.1) is 0 Å². The summed E-state index contributed by atoms with van der Waals surface area (Å²) in [5.41, 5.74) is 0.846. The van der Waals surface area contributed by atoms with E-state index in [2.05, 4.69) is 12.2 Å². The molecule has 20 heavy (non-hydrogen) atoms. The van der Waals surface area contributed by atoms with E-state index in [9.17, 15) is 9.59 Å². The number of carbonyl (C=O) groups excluding carboxylic acids is 2. The Balaban J connectivity index is 2.15. The highest BCUT2D eigenvalue weighted by molar-refractivity contribution is 5.95. The molecule has 1 aliphatic heterocycles. The maximum atomic E-state index is 12.6. The molecule has 0 bridgehead atoms. The lowest BCUT2D eigenvalue weighted by molar-refractivity contribution is -0.146. The van der Waals surface area contributed by atoms with Gasteiger partial charge in [-0.05, 0) is 18.9 Å². The zero-order valence-corrected chi connectivity index (χ0v) is 12.1. The van der Waals surface area contributed by atoms with Crippen LogP contribution in [0, 0.1) is 0 Å². The Morgan fingerprint density at radius 2 is 2.00 bits per heavy atom. The van der Waals surface area contributed by atoms with Crippen molar-refractivity contribution in [2.45, 2.75) is 45.2 Å². The zero-order chi connectivity index (χ0) is 14.5. The smallest absolute Gasteiger partial charge is 0.250 e. The summed E-state index contributed by atoms with van der Waals surface area (Å²) in [6.45, 7) is 4.32. The van der Waals surface area contributed by atoms with Gasteiger partial charge < -0.3 is 10.2 Å². The summed E-state index contributed by atoms with van der Waals surface area (Å²) < 4.78 is 0. The van der Waals surface area contributed by atoms with Crippen molar-refractivity contribution in [2.75, 3.05) is 6.54 Å². The topological polar surface area (TPSA) is 49.4 Å². The Labute approximate surface area is 120 Å². The van der Waals surface area contributed by atoms with Crippen LogP contribution in [0.5, 0.6) is 0 Å². The third-order valence-corrected chi connectivity index (χ3v) is 3.79. The first-order valence-corrected chi connectivity index (χ1v) is 7.28. The first-order chi connectivity index (χ1) is 9.63. The second kappa shape index (κ2) is 6.55. The molecule has 2 unspecified atom stereocenters. The molecule has 1 heterocycles. The molecule has 2 atom stereocenters. The van der Waals surface area contributed by atoms with Gasteiger partial charge in [0.2, 0.25) is 5.91 Å². The molecule has 1 saturated heterocycles. The molecule has 1 aromatic rings. The standard InChI is InChI=1S/C16H22N2O2/c1-3-4-8-12(2)18-11-14(19)17-15(16(18)20)13-9-6-5-7-10-13/h5-7,9-10,12,15H,3-4,8,11H2,1-2H3,(H,17,19). The number of rotatable bonds is 5. The summed E-state index contributed by atoms with van der Waals surface area (Å²) >= 11 is 0. The highest BCUT2D eigenvalue weighted by atomic mass is 16.2. The molecule has 4 heteroatoms. The quantitative estimate of drug-likeness (QED) is 0.895. The van der Waals surface area contributed by atoms with E-state index in [1.807, 2.05) is 37.3 Å². The average molecular weight is 274 g/mol. The van der Waals surface area contributed by atoms with Crippen molar-refractivity contribution >= 4 is 11.8 Å². The predicted molar refractivity (Wildman–Crippen MR) is 78.0 cm³/mol. The molecule has 108 valence electrons. The largest absolute Gasteiger partial charge is 0.339 e. The van der Waals surface area contributed by atoms with Gasteiger partial charge in [-0.2, -0.15) is 0 Å². The SMILES string of the molecule is CCCCC(C)N1CC(=O)NC(c2ccccc2)C1=O. The van der Waals surface area contributed by atoms with Gasteiger partial charge in [-0.25, -0.2) is 0 Å². The van der Waals surface area contributed by atoms with Crippen LogP contribution < -0.4 is 5.32 Å². The third-order valence-electron chi connectivity index (χ3n) is 3.79. The van der Waals surface area contributed by atoms with Gasteiger partial charge in [-0.3, -0.25) is 9.59 Å². The Morgan fingerprint density at radius 3 is 2.65 bits per heavy atom. The van der Waals surface area contributed by atoms with Crippen molar-refractivity contribution in [1.82, 2.24) is 10.2 Å². The lowest BCUT2D eigenvalue weighted by Gasteiger charge is -2.36. The van der Waals surface area contributed by atoms with Crippen LogP contribution in [-0.2, 0) is 9.59 Å². The molecule has 4 nitrogen and oxygen atoms in total. The Hall–Kier alpha value is -1.84. The van der Waals surface area contributed by atoms with Crippen molar-refractivity contribution in [3.05, 3.63) is 35.9 Å². The summed E-state index contributed by atoms with van der Waals surface area (Å²) in [4.78, 5) is 26.2. The minimum Gasteiger partial charge on any atom is -0.339 e. The molecule has 1 N–H and O–H groups in total. The van der Waals surface area contributed by atoms with Gasteiger partial charge in [0.05, 0.1) is 6.54 Å². The van der Waals surface area contributed by atoms with Crippen LogP contribution in [0.15, 0.2) is 30.3 Å². The first-order valence-electron chi connectivity index (χ1n) is 7.28. The van der Waals surface area contributed by atoms with E-state index in [0.29, 0.717) is 0 Å². The molecule has 1 aromatic carbocycles. The van der Waals surface area contributed by atoms with Gasteiger partial charge in [0, 0.05) is 6.04 Å². The van der Waals surface area contributed by atoms with Crippen LogP contribution in [0.2, 0.25) is 0 Å². The number of piperazine rings is 1. The fourth-order valence-electron chi connectivity index (χ4n) is 2.57. The number of hydrogen-bond donors (Lipinski definition) is 1. The highest BCUT2D eigenvalue weighted by Crippen LogP contribution is 2.22. The number of benzene rings is 1. The minimum absolute atomic E-state index is 0.000553. The van der Waals surface area contributed by atoms with E-state index in [1.165, 1.54) is 0 Å². The number of nitrogens with one attached hydrogen (secondary N) is 1. The normalized spacial score (nSPS) is 20.7. The van der Waals surface area contributed by atoms with Gasteiger partial charge in [0.25, 0.3) is 5.91 Å². The second-order valence-electron chi connectivity index (χ2n) is 5.37. The van der Waals surface area contributed by atoms with Crippen molar-refractivity contribution < 1.29 is 9.59 Å². The Morgan fingerprint density at radius 1 is 1.30 bits per heavy atom. The van der Waals surface area contributed by atoms with E-state index in [1.54, 1.807) is 4.90 Å². The van der Waals surface area contributed by atoms with Crippen LogP contribution >= 0.6 is 0 Å². The number of hydrogen-bond acceptors (Lipinski definition) is 2. The molecule has 2 rings (SSSR count). The van der Waals surface area contributed by atoms with Gasteiger partial charge >= 0.3 is 0 Å².